The zero-order valence-electron chi connectivity index (χ0n) is 10.5. The van der Waals surface area contributed by atoms with Crippen LogP contribution in [0.15, 0.2) is 17.2 Å². The number of aromatic nitrogens is 1. The molecule has 0 spiro atoms. The molecule has 1 aromatic heterocycles. The standard InChI is InChI=1S/C13H17NO3S/c1-3-10-6-9(13(15)16)7-12(14-10)18-11-4-5-17-8(11)2/h6-8,11H,3-5H2,1-2H3,(H,15,16). The van der Waals surface area contributed by atoms with Crippen LogP contribution in [0.25, 0.3) is 0 Å². The molecular formula is C13H17NO3S. The Kier molecular flexibility index (Phi) is 4.24. The maximum absolute atomic E-state index is 11.1. The molecule has 1 aromatic rings. The van der Waals surface area contributed by atoms with Crippen LogP contribution < -0.4 is 0 Å². The van der Waals surface area contributed by atoms with Gasteiger partial charge in [0.25, 0.3) is 0 Å². The smallest absolute Gasteiger partial charge is 0.335 e. The maximum Gasteiger partial charge on any atom is 0.335 e. The molecule has 2 unspecified atom stereocenters. The summed E-state index contributed by atoms with van der Waals surface area (Å²) in [6.45, 7) is 4.80. The highest BCUT2D eigenvalue weighted by molar-refractivity contribution is 7.99. The van der Waals surface area contributed by atoms with E-state index >= 15 is 0 Å². The Labute approximate surface area is 111 Å². The molecule has 1 fully saturated rings. The van der Waals surface area contributed by atoms with Gasteiger partial charge < -0.3 is 9.84 Å². The Morgan fingerprint density at radius 3 is 2.94 bits per heavy atom. The molecule has 2 heterocycles. The average molecular weight is 267 g/mol. The van der Waals surface area contributed by atoms with E-state index in [9.17, 15) is 4.79 Å². The molecule has 0 bridgehead atoms. The number of hydrogen-bond acceptors (Lipinski definition) is 4. The molecule has 1 aliphatic heterocycles. The van der Waals surface area contributed by atoms with Gasteiger partial charge in [-0.2, -0.15) is 0 Å². The molecule has 0 aliphatic carbocycles. The van der Waals surface area contributed by atoms with Gasteiger partial charge in [-0.1, -0.05) is 6.92 Å². The van der Waals surface area contributed by atoms with Crippen LogP contribution in [-0.2, 0) is 11.2 Å². The minimum atomic E-state index is -0.898. The van der Waals surface area contributed by atoms with Gasteiger partial charge in [0.1, 0.15) is 0 Å². The van der Waals surface area contributed by atoms with Crippen LogP contribution in [-0.4, -0.2) is 34.0 Å². The zero-order valence-corrected chi connectivity index (χ0v) is 11.4. The highest BCUT2D eigenvalue weighted by Crippen LogP contribution is 2.32. The molecule has 98 valence electrons. The minimum absolute atomic E-state index is 0.204. The van der Waals surface area contributed by atoms with E-state index in [1.807, 2.05) is 13.8 Å². The predicted molar refractivity (Wildman–Crippen MR) is 70.3 cm³/mol. The normalized spacial score (nSPS) is 23.2. The van der Waals surface area contributed by atoms with Crippen molar-refractivity contribution in [1.29, 1.82) is 0 Å². The fourth-order valence-electron chi connectivity index (χ4n) is 1.95. The summed E-state index contributed by atoms with van der Waals surface area (Å²) in [5, 5.41) is 10.2. The first-order chi connectivity index (χ1) is 8.60. The number of aryl methyl sites for hydroxylation is 1. The lowest BCUT2D eigenvalue weighted by molar-refractivity contribution is 0.0696. The molecule has 0 radical (unpaired) electrons. The van der Waals surface area contributed by atoms with E-state index in [0.717, 1.165) is 30.2 Å². The summed E-state index contributed by atoms with van der Waals surface area (Å²) in [6.07, 6.45) is 1.94. The number of carboxylic acids is 1. The molecule has 4 nitrogen and oxygen atoms in total. The fourth-order valence-corrected chi connectivity index (χ4v) is 3.11. The van der Waals surface area contributed by atoms with Crippen LogP contribution in [0, 0.1) is 0 Å². The van der Waals surface area contributed by atoms with Gasteiger partial charge in [-0.25, -0.2) is 9.78 Å². The fraction of sp³-hybridized carbons (Fsp3) is 0.538. The SMILES string of the molecule is CCc1cc(C(=O)O)cc(SC2CCOC2C)n1. The van der Waals surface area contributed by atoms with E-state index < -0.39 is 5.97 Å². The number of ether oxygens (including phenoxy) is 1. The lowest BCUT2D eigenvalue weighted by atomic mass is 10.2. The predicted octanol–water partition coefficient (Wildman–Crippen LogP) is 2.61. The summed E-state index contributed by atoms with van der Waals surface area (Å²) < 4.78 is 5.51. The molecule has 2 rings (SSSR count). The molecule has 1 saturated heterocycles. The van der Waals surface area contributed by atoms with Crippen molar-refractivity contribution in [2.75, 3.05) is 6.61 Å². The van der Waals surface area contributed by atoms with E-state index in [2.05, 4.69) is 4.98 Å². The molecule has 0 aromatic carbocycles. The van der Waals surface area contributed by atoms with Crippen LogP contribution in [0.4, 0.5) is 0 Å². The molecule has 0 saturated carbocycles. The number of hydrogen-bond donors (Lipinski definition) is 1. The Bertz CT molecular complexity index is 450. The summed E-state index contributed by atoms with van der Waals surface area (Å²) in [5.74, 6) is -0.898. The highest BCUT2D eigenvalue weighted by atomic mass is 32.2. The van der Waals surface area contributed by atoms with Gasteiger partial charge >= 0.3 is 5.97 Å². The first-order valence-corrected chi connectivity index (χ1v) is 7.00. The Morgan fingerprint density at radius 2 is 2.39 bits per heavy atom. The van der Waals surface area contributed by atoms with Crippen molar-refractivity contribution < 1.29 is 14.6 Å². The molecule has 5 heteroatoms. The van der Waals surface area contributed by atoms with Crippen molar-refractivity contribution >= 4 is 17.7 Å². The minimum Gasteiger partial charge on any atom is -0.478 e. The Hall–Kier alpha value is -1.07. The second-order valence-electron chi connectivity index (χ2n) is 4.36. The van der Waals surface area contributed by atoms with Crippen LogP contribution >= 0.6 is 11.8 Å². The summed E-state index contributed by atoms with van der Waals surface area (Å²) >= 11 is 1.62. The highest BCUT2D eigenvalue weighted by Gasteiger charge is 2.26. The second-order valence-corrected chi connectivity index (χ2v) is 5.62. The summed E-state index contributed by atoms with van der Waals surface area (Å²) in [6, 6.07) is 3.29. The molecular weight excluding hydrogens is 250 g/mol. The first-order valence-electron chi connectivity index (χ1n) is 6.12. The van der Waals surface area contributed by atoms with E-state index in [4.69, 9.17) is 9.84 Å². The maximum atomic E-state index is 11.1. The number of pyridine rings is 1. The van der Waals surface area contributed by atoms with Crippen molar-refractivity contribution in [3.63, 3.8) is 0 Å². The van der Waals surface area contributed by atoms with Crippen molar-refractivity contribution in [3.8, 4) is 0 Å². The number of carboxylic acid groups (broad SMARTS) is 1. The number of aromatic carboxylic acids is 1. The third kappa shape index (κ3) is 3.03. The van der Waals surface area contributed by atoms with Crippen molar-refractivity contribution in [3.05, 3.63) is 23.4 Å². The van der Waals surface area contributed by atoms with E-state index in [1.54, 1.807) is 23.9 Å². The number of thioether (sulfide) groups is 1. The average Bonchev–Trinajstić information content (AvgIpc) is 2.74. The molecule has 1 N–H and O–H groups in total. The Balaban J connectivity index is 2.21. The number of rotatable bonds is 4. The summed E-state index contributed by atoms with van der Waals surface area (Å²) in [4.78, 5) is 15.5. The van der Waals surface area contributed by atoms with E-state index in [-0.39, 0.29) is 6.10 Å². The topological polar surface area (TPSA) is 59.4 Å². The quantitative estimate of drug-likeness (QED) is 0.908. The van der Waals surface area contributed by atoms with E-state index in [0.29, 0.717) is 10.8 Å². The lowest BCUT2D eigenvalue weighted by Crippen LogP contribution is -2.13. The van der Waals surface area contributed by atoms with Gasteiger partial charge in [-0.15, -0.1) is 11.8 Å². The molecule has 2 atom stereocenters. The monoisotopic (exact) mass is 267 g/mol. The van der Waals surface area contributed by atoms with Crippen molar-refractivity contribution in [1.82, 2.24) is 4.98 Å². The van der Waals surface area contributed by atoms with Gasteiger partial charge in [-0.05, 0) is 31.9 Å². The van der Waals surface area contributed by atoms with Crippen LogP contribution in [0.5, 0.6) is 0 Å². The lowest BCUT2D eigenvalue weighted by Gasteiger charge is -2.13. The Morgan fingerprint density at radius 1 is 1.61 bits per heavy atom. The van der Waals surface area contributed by atoms with Crippen molar-refractivity contribution in [2.45, 2.75) is 43.1 Å². The third-order valence-electron chi connectivity index (χ3n) is 3.04. The van der Waals surface area contributed by atoms with Gasteiger partial charge in [-0.3, -0.25) is 0 Å². The number of nitrogens with zero attached hydrogens (tertiary/aromatic N) is 1. The van der Waals surface area contributed by atoms with Crippen molar-refractivity contribution in [2.24, 2.45) is 0 Å². The largest absolute Gasteiger partial charge is 0.478 e. The molecule has 0 amide bonds. The van der Waals surface area contributed by atoms with Gasteiger partial charge in [0, 0.05) is 17.6 Å². The van der Waals surface area contributed by atoms with Crippen LogP contribution in [0.3, 0.4) is 0 Å². The summed E-state index contributed by atoms with van der Waals surface area (Å²) in [5.41, 5.74) is 1.14. The van der Waals surface area contributed by atoms with E-state index in [1.165, 1.54) is 0 Å². The summed E-state index contributed by atoms with van der Waals surface area (Å²) in [7, 11) is 0. The second kappa shape index (κ2) is 5.71. The van der Waals surface area contributed by atoms with Gasteiger partial charge in [0.05, 0.1) is 16.7 Å². The number of carbonyl (C=O) groups is 1. The molecule has 18 heavy (non-hydrogen) atoms. The first kappa shape index (κ1) is 13.4. The van der Waals surface area contributed by atoms with Crippen LogP contribution in [0.1, 0.15) is 36.3 Å². The van der Waals surface area contributed by atoms with Gasteiger partial charge in [0.2, 0.25) is 0 Å². The third-order valence-corrected chi connectivity index (χ3v) is 4.42. The van der Waals surface area contributed by atoms with Gasteiger partial charge in [0.15, 0.2) is 0 Å². The van der Waals surface area contributed by atoms with Crippen LogP contribution in [0.2, 0.25) is 0 Å². The molecule has 1 aliphatic rings. The zero-order chi connectivity index (χ0) is 13.1.